The van der Waals surface area contributed by atoms with E-state index >= 15 is 0 Å². The highest BCUT2D eigenvalue weighted by molar-refractivity contribution is 9.10. The minimum atomic E-state index is -4.83. The van der Waals surface area contributed by atoms with Crippen molar-refractivity contribution in [1.29, 1.82) is 0 Å². The maximum absolute atomic E-state index is 13.6. The molecule has 0 aromatic heterocycles. The Morgan fingerprint density at radius 3 is 2.17 bits per heavy atom. The number of benzene rings is 2. The van der Waals surface area contributed by atoms with E-state index in [1.807, 2.05) is 0 Å². The second-order valence-electron chi connectivity index (χ2n) is 6.06. The molecule has 10 heteroatoms. The van der Waals surface area contributed by atoms with Crippen molar-refractivity contribution in [3.8, 4) is 17.2 Å². The highest BCUT2D eigenvalue weighted by Crippen LogP contribution is 2.40. The average molecular weight is 485 g/mol. The highest BCUT2D eigenvalue weighted by atomic mass is 79.9. The number of halogens is 4. The molecule has 158 valence electrons. The van der Waals surface area contributed by atoms with Crippen molar-refractivity contribution >= 4 is 39.3 Å². The Kier molecular flexibility index (Phi) is 6.06. The van der Waals surface area contributed by atoms with E-state index in [-0.39, 0.29) is 28.5 Å². The number of carbonyl (C=O) groups excluding carboxylic acids is 1. The van der Waals surface area contributed by atoms with Crippen molar-refractivity contribution in [3.05, 3.63) is 52.0 Å². The van der Waals surface area contributed by atoms with Gasteiger partial charge in [0.15, 0.2) is 17.2 Å². The number of hydrogen-bond acceptors (Lipinski definition) is 5. The van der Waals surface area contributed by atoms with Crippen LogP contribution in [0, 0.1) is 0 Å². The predicted octanol–water partition coefficient (Wildman–Crippen LogP) is 4.82. The van der Waals surface area contributed by atoms with Crippen LogP contribution in [0.25, 0.3) is 6.08 Å². The zero-order chi connectivity index (χ0) is 22.1. The summed E-state index contributed by atoms with van der Waals surface area (Å²) >= 11 is 3.24. The number of amides is 1. The SMILES string of the molecule is COc1cc(/C=C2\C(=O)N(c3cccc(Br)c3)N=C2C(F)(F)F)cc(OC)c1OC. The minimum Gasteiger partial charge on any atom is -0.493 e. The lowest BCUT2D eigenvalue weighted by Crippen LogP contribution is -2.25. The molecule has 0 fully saturated rings. The molecule has 0 bridgehead atoms. The lowest BCUT2D eigenvalue weighted by Gasteiger charge is -2.14. The van der Waals surface area contributed by atoms with E-state index in [9.17, 15) is 18.0 Å². The molecule has 0 N–H and O–H groups in total. The van der Waals surface area contributed by atoms with Gasteiger partial charge >= 0.3 is 6.18 Å². The third-order valence-corrected chi connectivity index (χ3v) is 4.69. The molecule has 1 amide bonds. The Bertz CT molecular complexity index is 1030. The fraction of sp³-hybridized carbons (Fsp3) is 0.200. The minimum absolute atomic E-state index is 0.199. The van der Waals surface area contributed by atoms with E-state index in [0.717, 1.165) is 11.1 Å². The van der Waals surface area contributed by atoms with Crippen molar-refractivity contribution in [3.63, 3.8) is 0 Å². The van der Waals surface area contributed by atoms with Gasteiger partial charge in [-0.1, -0.05) is 22.0 Å². The summed E-state index contributed by atoms with van der Waals surface area (Å²) in [6, 6.07) is 9.15. The normalized spacial score (nSPS) is 15.4. The molecule has 0 saturated heterocycles. The van der Waals surface area contributed by atoms with Gasteiger partial charge in [-0.2, -0.15) is 23.3 Å². The van der Waals surface area contributed by atoms with E-state index in [0.29, 0.717) is 4.47 Å². The topological polar surface area (TPSA) is 60.4 Å². The van der Waals surface area contributed by atoms with Crippen molar-refractivity contribution < 1.29 is 32.2 Å². The van der Waals surface area contributed by atoms with Crippen molar-refractivity contribution in [1.82, 2.24) is 0 Å². The number of ether oxygens (including phenoxy) is 3. The molecule has 2 aromatic carbocycles. The summed E-state index contributed by atoms with van der Waals surface area (Å²) in [5, 5.41) is 4.27. The zero-order valence-electron chi connectivity index (χ0n) is 16.1. The van der Waals surface area contributed by atoms with Gasteiger partial charge in [-0.15, -0.1) is 0 Å². The Morgan fingerprint density at radius 2 is 1.67 bits per heavy atom. The molecule has 1 heterocycles. The average Bonchev–Trinajstić information content (AvgIpc) is 3.03. The van der Waals surface area contributed by atoms with E-state index in [1.54, 1.807) is 12.1 Å². The molecule has 0 saturated carbocycles. The van der Waals surface area contributed by atoms with Crippen molar-refractivity contribution in [2.75, 3.05) is 26.3 Å². The Hall–Kier alpha value is -3.01. The molecule has 0 radical (unpaired) electrons. The van der Waals surface area contributed by atoms with Crippen LogP contribution in [0.3, 0.4) is 0 Å². The standard InChI is InChI=1S/C20H16BrF3N2O4/c1-28-15-8-11(9-16(29-2)17(15)30-3)7-14-18(20(22,23)24)25-26(19(14)27)13-6-4-5-12(21)10-13/h4-10H,1-3H3/b14-7-. The molecule has 3 rings (SSSR count). The number of alkyl halides is 3. The number of anilines is 1. The first-order valence-electron chi connectivity index (χ1n) is 8.47. The second kappa shape index (κ2) is 8.39. The van der Waals surface area contributed by atoms with Gasteiger partial charge in [0.05, 0.1) is 32.6 Å². The number of carbonyl (C=O) groups is 1. The van der Waals surface area contributed by atoms with Gasteiger partial charge < -0.3 is 14.2 Å². The van der Waals surface area contributed by atoms with Crippen LogP contribution in [0.15, 0.2) is 51.5 Å². The summed E-state index contributed by atoms with van der Waals surface area (Å²) in [4.78, 5) is 12.9. The molecule has 30 heavy (non-hydrogen) atoms. The summed E-state index contributed by atoms with van der Waals surface area (Å²) in [7, 11) is 4.17. The van der Waals surface area contributed by atoms with Crippen LogP contribution in [0.5, 0.6) is 17.2 Å². The van der Waals surface area contributed by atoms with E-state index in [1.165, 1.54) is 45.6 Å². The molecule has 2 aromatic rings. The Morgan fingerprint density at radius 1 is 1.03 bits per heavy atom. The quantitative estimate of drug-likeness (QED) is 0.570. The van der Waals surface area contributed by atoms with Crippen LogP contribution < -0.4 is 19.2 Å². The van der Waals surface area contributed by atoms with Gasteiger partial charge in [0.2, 0.25) is 5.75 Å². The van der Waals surface area contributed by atoms with Crippen LogP contribution in [-0.2, 0) is 4.79 Å². The third-order valence-electron chi connectivity index (χ3n) is 4.20. The van der Waals surface area contributed by atoms with E-state index in [2.05, 4.69) is 21.0 Å². The zero-order valence-corrected chi connectivity index (χ0v) is 17.7. The summed E-state index contributed by atoms with van der Waals surface area (Å²) < 4.78 is 57.2. The molecule has 0 unspecified atom stereocenters. The smallest absolute Gasteiger partial charge is 0.435 e. The van der Waals surface area contributed by atoms with Gasteiger partial charge in [0.1, 0.15) is 0 Å². The maximum Gasteiger partial charge on any atom is 0.435 e. The summed E-state index contributed by atoms with van der Waals surface area (Å²) in [6.45, 7) is 0. The fourth-order valence-electron chi connectivity index (χ4n) is 2.89. The first-order valence-corrected chi connectivity index (χ1v) is 9.26. The Labute approximate surface area is 178 Å². The summed E-state index contributed by atoms with van der Waals surface area (Å²) in [5.74, 6) is -0.151. The monoisotopic (exact) mass is 484 g/mol. The molecular weight excluding hydrogens is 469 g/mol. The predicted molar refractivity (Wildman–Crippen MR) is 109 cm³/mol. The van der Waals surface area contributed by atoms with Crippen LogP contribution >= 0.6 is 15.9 Å². The number of hydrogen-bond donors (Lipinski definition) is 0. The molecular formula is C20H16BrF3N2O4. The number of hydrazone groups is 1. The largest absolute Gasteiger partial charge is 0.493 e. The van der Waals surface area contributed by atoms with E-state index < -0.39 is 23.4 Å². The fourth-order valence-corrected chi connectivity index (χ4v) is 3.28. The third kappa shape index (κ3) is 4.13. The highest BCUT2D eigenvalue weighted by Gasteiger charge is 2.46. The number of methoxy groups -OCH3 is 3. The van der Waals surface area contributed by atoms with Crippen LogP contribution in [0.4, 0.5) is 18.9 Å². The van der Waals surface area contributed by atoms with Crippen molar-refractivity contribution in [2.45, 2.75) is 6.18 Å². The van der Waals surface area contributed by atoms with E-state index in [4.69, 9.17) is 14.2 Å². The molecule has 1 aliphatic heterocycles. The van der Waals surface area contributed by atoms with Crippen LogP contribution in [-0.4, -0.2) is 39.1 Å². The molecule has 6 nitrogen and oxygen atoms in total. The number of rotatable bonds is 5. The molecule has 0 spiro atoms. The maximum atomic E-state index is 13.6. The molecule has 0 atom stereocenters. The first kappa shape index (κ1) is 21.7. The lowest BCUT2D eigenvalue weighted by molar-refractivity contribution is -0.114. The lowest BCUT2D eigenvalue weighted by atomic mass is 10.0. The van der Waals surface area contributed by atoms with Crippen molar-refractivity contribution in [2.24, 2.45) is 5.10 Å². The summed E-state index contributed by atoms with van der Waals surface area (Å²) in [6.07, 6.45) is -3.74. The molecule has 0 aliphatic carbocycles. The second-order valence-corrected chi connectivity index (χ2v) is 6.98. The van der Waals surface area contributed by atoms with Gasteiger partial charge in [-0.05, 0) is 42.0 Å². The number of nitrogens with zero attached hydrogens (tertiary/aromatic N) is 2. The van der Waals surface area contributed by atoms with Crippen LogP contribution in [0.2, 0.25) is 0 Å². The van der Waals surface area contributed by atoms with Gasteiger partial charge in [-0.3, -0.25) is 4.79 Å². The van der Waals surface area contributed by atoms with Gasteiger partial charge in [0, 0.05) is 4.47 Å². The van der Waals surface area contributed by atoms with Gasteiger partial charge in [0.25, 0.3) is 5.91 Å². The Balaban J connectivity index is 2.13. The van der Waals surface area contributed by atoms with Gasteiger partial charge in [-0.25, -0.2) is 0 Å². The molecule has 1 aliphatic rings. The first-order chi connectivity index (χ1) is 14.2. The van der Waals surface area contributed by atoms with Crippen LogP contribution in [0.1, 0.15) is 5.56 Å². The summed E-state index contributed by atoms with van der Waals surface area (Å²) in [5.41, 5.74) is -1.44.